The number of fused-ring (bicyclic) bond motifs is 6. The first-order chi connectivity index (χ1) is 22.9. The van der Waals surface area contributed by atoms with Gasteiger partial charge in [-0.1, -0.05) is 53.6 Å². The predicted molar refractivity (Wildman–Crippen MR) is 182 cm³/mol. The Morgan fingerprint density at radius 1 is 0.816 bits per heavy atom. The minimum atomic E-state index is -1.07. The molecular weight excluding hydrogens is 628 g/mol. The quantitative estimate of drug-likeness (QED) is 0.209. The summed E-state index contributed by atoms with van der Waals surface area (Å²) < 4.78 is 9.01. The summed E-state index contributed by atoms with van der Waals surface area (Å²) in [5.74, 6) is -0.701. The number of aromatic nitrogens is 5. The molecular formula is C35H40N8O6. The van der Waals surface area contributed by atoms with Crippen molar-refractivity contribution in [3.8, 4) is 0 Å². The van der Waals surface area contributed by atoms with E-state index in [0.717, 1.165) is 10.8 Å². The van der Waals surface area contributed by atoms with Crippen molar-refractivity contribution in [1.82, 2.24) is 34.9 Å². The maximum atomic E-state index is 12.7. The molecule has 0 aromatic carbocycles. The van der Waals surface area contributed by atoms with Crippen LogP contribution in [0.1, 0.15) is 96.2 Å². The van der Waals surface area contributed by atoms with Gasteiger partial charge in [0, 0.05) is 59.3 Å². The second-order valence-electron chi connectivity index (χ2n) is 15.2. The molecule has 2 aliphatic heterocycles. The zero-order chi connectivity index (χ0) is 35.5. The molecule has 7 heterocycles. The van der Waals surface area contributed by atoms with E-state index in [1.807, 2.05) is 42.0 Å². The third-order valence-corrected chi connectivity index (χ3v) is 8.52. The number of carbonyl (C=O) groups is 4. The van der Waals surface area contributed by atoms with Crippen molar-refractivity contribution in [3.05, 3.63) is 71.0 Å². The van der Waals surface area contributed by atoms with Crippen LogP contribution in [0.15, 0.2) is 47.0 Å². The number of nitrogens with one attached hydrogen (secondary N) is 3. The van der Waals surface area contributed by atoms with Crippen molar-refractivity contribution < 1.29 is 28.8 Å². The van der Waals surface area contributed by atoms with E-state index in [4.69, 9.17) is 9.63 Å². The fourth-order valence-corrected chi connectivity index (χ4v) is 5.85. The van der Waals surface area contributed by atoms with E-state index in [9.17, 15) is 19.2 Å². The molecule has 5 aromatic heterocycles. The van der Waals surface area contributed by atoms with Crippen LogP contribution in [-0.4, -0.2) is 66.1 Å². The van der Waals surface area contributed by atoms with Crippen LogP contribution in [-0.2, 0) is 18.5 Å². The number of carboxylic acids is 1. The van der Waals surface area contributed by atoms with E-state index < -0.39 is 5.97 Å². The second-order valence-corrected chi connectivity index (χ2v) is 15.2. The number of anilines is 1. The van der Waals surface area contributed by atoms with Crippen molar-refractivity contribution in [2.45, 2.75) is 67.0 Å². The van der Waals surface area contributed by atoms with Crippen LogP contribution >= 0.6 is 0 Å². The molecule has 0 fully saturated rings. The van der Waals surface area contributed by atoms with Gasteiger partial charge in [-0.15, -0.1) is 0 Å². The van der Waals surface area contributed by atoms with Gasteiger partial charge in [-0.2, -0.15) is 0 Å². The highest BCUT2D eigenvalue weighted by molar-refractivity contribution is 6.04. The number of hydrogen-bond donors (Lipinski definition) is 4. The molecule has 0 aliphatic carbocycles. The van der Waals surface area contributed by atoms with Crippen molar-refractivity contribution in [1.29, 1.82) is 0 Å². The maximum absolute atomic E-state index is 12.7. The van der Waals surface area contributed by atoms with Crippen LogP contribution in [0.3, 0.4) is 0 Å². The lowest BCUT2D eigenvalue weighted by atomic mass is 9.93. The third-order valence-electron chi connectivity index (χ3n) is 8.52. The highest BCUT2D eigenvalue weighted by Gasteiger charge is 2.31. The Morgan fingerprint density at radius 2 is 1.31 bits per heavy atom. The number of aromatic carboxylic acids is 1. The Kier molecular flexibility index (Phi) is 8.08. The molecule has 0 bridgehead atoms. The number of pyridine rings is 2. The fourth-order valence-electron chi connectivity index (χ4n) is 5.85. The summed E-state index contributed by atoms with van der Waals surface area (Å²) in [4.78, 5) is 57.0. The highest BCUT2D eigenvalue weighted by Crippen LogP contribution is 2.29. The first kappa shape index (κ1) is 33.4. The van der Waals surface area contributed by atoms with Gasteiger partial charge in [0.2, 0.25) is 0 Å². The maximum Gasteiger partial charge on any atom is 0.354 e. The fraction of sp³-hybridized carbons (Fsp3) is 0.400. The highest BCUT2D eigenvalue weighted by atomic mass is 16.5. The Bertz CT molecular complexity index is 2150. The smallest absolute Gasteiger partial charge is 0.354 e. The van der Waals surface area contributed by atoms with Crippen LogP contribution < -0.4 is 16.0 Å². The summed E-state index contributed by atoms with van der Waals surface area (Å²) in [5.41, 5.74) is 2.04. The molecule has 14 nitrogen and oxygen atoms in total. The topological polar surface area (TPSA) is 186 Å². The first-order valence-corrected chi connectivity index (χ1v) is 16.0. The molecule has 5 aromatic rings. The van der Waals surface area contributed by atoms with Gasteiger partial charge in [-0.3, -0.25) is 14.4 Å². The summed E-state index contributed by atoms with van der Waals surface area (Å²) >= 11 is 0. The van der Waals surface area contributed by atoms with E-state index >= 15 is 0 Å². The molecule has 3 amide bonds. The van der Waals surface area contributed by atoms with Gasteiger partial charge < -0.3 is 34.7 Å². The van der Waals surface area contributed by atoms with E-state index in [1.165, 1.54) is 6.07 Å². The summed E-state index contributed by atoms with van der Waals surface area (Å²) in [7, 11) is 0. The van der Waals surface area contributed by atoms with Gasteiger partial charge in [0.25, 0.3) is 17.7 Å². The van der Waals surface area contributed by atoms with Gasteiger partial charge in [0.15, 0.2) is 11.5 Å². The van der Waals surface area contributed by atoms with E-state index in [0.29, 0.717) is 60.4 Å². The molecule has 0 unspecified atom stereocenters. The van der Waals surface area contributed by atoms with Gasteiger partial charge in [-0.05, 0) is 36.4 Å². The Balaban J connectivity index is 0.000000182. The van der Waals surface area contributed by atoms with Crippen molar-refractivity contribution in [3.63, 3.8) is 0 Å². The Hall–Kier alpha value is -5.53. The Morgan fingerprint density at radius 3 is 1.78 bits per heavy atom. The molecule has 2 aliphatic rings. The van der Waals surface area contributed by atoms with Crippen LogP contribution in [0.5, 0.6) is 0 Å². The van der Waals surface area contributed by atoms with Crippen molar-refractivity contribution >= 4 is 51.6 Å². The van der Waals surface area contributed by atoms with E-state index in [-0.39, 0.29) is 45.4 Å². The summed E-state index contributed by atoms with van der Waals surface area (Å²) in [6, 6.07) is 11.9. The van der Waals surface area contributed by atoms with Crippen molar-refractivity contribution in [2.75, 3.05) is 18.4 Å². The molecule has 256 valence electrons. The van der Waals surface area contributed by atoms with E-state index in [2.05, 4.69) is 58.8 Å². The summed E-state index contributed by atoms with van der Waals surface area (Å²) in [6.45, 7) is 16.7. The minimum Gasteiger partial charge on any atom is -0.477 e. The number of rotatable bonds is 3. The average molecular weight is 669 g/mol. The minimum absolute atomic E-state index is 0.0131. The molecule has 7 rings (SSSR count). The van der Waals surface area contributed by atoms with Gasteiger partial charge in [0.05, 0.1) is 0 Å². The van der Waals surface area contributed by atoms with Gasteiger partial charge in [0.1, 0.15) is 34.1 Å². The predicted octanol–water partition coefficient (Wildman–Crippen LogP) is 4.85. The van der Waals surface area contributed by atoms with Gasteiger partial charge >= 0.3 is 5.97 Å². The lowest BCUT2D eigenvalue weighted by molar-refractivity contribution is 0.0690. The zero-order valence-corrected chi connectivity index (χ0v) is 28.6. The number of amides is 3. The average Bonchev–Trinajstić information content (AvgIpc) is 3.70. The molecule has 4 N–H and O–H groups in total. The van der Waals surface area contributed by atoms with Gasteiger partial charge in [-0.25, -0.2) is 14.8 Å². The molecule has 0 atom stereocenters. The molecule has 0 saturated heterocycles. The second kappa shape index (κ2) is 11.9. The zero-order valence-electron chi connectivity index (χ0n) is 28.6. The molecule has 0 saturated carbocycles. The molecule has 49 heavy (non-hydrogen) atoms. The monoisotopic (exact) mass is 668 g/mol. The van der Waals surface area contributed by atoms with Crippen LogP contribution in [0, 0.1) is 10.8 Å². The normalized spacial score (nSPS) is 16.7. The number of hydrogen-bond acceptors (Lipinski definition) is 8. The summed E-state index contributed by atoms with van der Waals surface area (Å²) in [6.07, 6.45) is 0. The number of carbonyl (C=O) groups excluding carboxylic acids is 3. The Labute approximate surface area is 282 Å². The number of carboxylic acid groups (broad SMARTS) is 1. The van der Waals surface area contributed by atoms with Crippen LogP contribution in [0.2, 0.25) is 0 Å². The molecule has 0 spiro atoms. The van der Waals surface area contributed by atoms with Crippen LogP contribution in [0.25, 0.3) is 22.1 Å². The standard InChI is InChI=1S/C21H25N5O3.C14H15N3O3/c1-20(2,3)15-9-16(25-29-15)24-18(27)13-7-6-12-8-14-19(28)22-10-21(4,5)11-26(14)17(12)23-13;1-14(2)6-15-12(18)10-5-8-3-4-9(13(19)20)16-11(8)17(10)7-14/h6-9H,10-11H2,1-5H3,(H,22,28)(H,24,25,27);3-5H,6-7H2,1-2H3,(H,15,18)(H,19,20). The lowest BCUT2D eigenvalue weighted by Gasteiger charge is -2.22. The largest absolute Gasteiger partial charge is 0.477 e. The van der Waals surface area contributed by atoms with E-state index in [1.54, 1.807) is 24.3 Å². The first-order valence-electron chi connectivity index (χ1n) is 16.0. The summed E-state index contributed by atoms with van der Waals surface area (Å²) in [5, 5.41) is 23.1. The molecule has 0 radical (unpaired) electrons. The van der Waals surface area contributed by atoms with Crippen LogP contribution in [0.4, 0.5) is 5.82 Å². The third kappa shape index (κ3) is 6.76. The lowest BCUT2D eigenvalue weighted by Crippen LogP contribution is -2.31. The number of nitrogens with zero attached hydrogens (tertiary/aromatic N) is 5. The van der Waals surface area contributed by atoms with Crippen molar-refractivity contribution in [2.24, 2.45) is 10.8 Å². The SMILES string of the molecule is CC1(C)CNC(=O)c2cc3ccc(C(=O)Nc4cc(C(C)(C)C)on4)nc3n2C1.CC1(C)CNC(=O)c2cc3ccc(C(=O)O)nc3n2C1. The molecule has 14 heteroatoms.